The summed E-state index contributed by atoms with van der Waals surface area (Å²) in [5, 5.41) is 0. The van der Waals surface area contributed by atoms with Gasteiger partial charge in [-0.1, -0.05) is 26.7 Å². The second-order valence-corrected chi connectivity index (χ2v) is 3.32. The molecule has 4 nitrogen and oxygen atoms in total. The summed E-state index contributed by atoms with van der Waals surface area (Å²) < 4.78 is 9.64. The van der Waals surface area contributed by atoms with Gasteiger partial charge in [-0.3, -0.25) is 9.59 Å². The van der Waals surface area contributed by atoms with Gasteiger partial charge in [0.2, 0.25) is 0 Å². The number of hydrogen-bond donors (Lipinski definition) is 0. The molecule has 90 valence electrons. The smallest absolute Gasteiger partial charge is 1.00 e. The summed E-state index contributed by atoms with van der Waals surface area (Å²) in [7, 11) is 0. The van der Waals surface area contributed by atoms with Crippen molar-refractivity contribution in [3.8, 4) is 0 Å². The van der Waals surface area contributed by atoms with E-state index in [0.717, 1.165) is 25.7 Å². The number of hydrogen-bond acceptors (Lipinski definition) is 4. The minimum atomic E-state index is -0.495. The summed E-state index contributed by atoms with van der Waals surface area (Å²) in [6.45, 7) is 4.79. The summed E-state index contributed by atoms with van der Waals surface area (Å²) in [5.74, 6) is -0.991. The fraction of sp³-hybridized carbons (Fsp3) is 0.818. The molecule has 16 heavy (non-hydrogen) atoms. The number of unbranched alkanes of at least 4 members (excludes halogenated alkanes) is 2. The van der Waals surface area contributed by atoms with Gasteiger partial charge < -0.3 is 10.9 Å². The Morgan fingerprint density at radius 1 is 0.938 bits per heavy atom. The van der Waals surface area contributed by atoms with Gasteiger partial charge in [-0.25, -0.2) is 0 Å². The van der Waals surface area contributed by atoms with Crippen molar-refractivity contribution < 1.29 is 71.9 Å². The molecule has 0 amide bonds. The van der Waals surface area contributed by atoms with Gasteiger partial charge in [-0.15, -0.1) is 0 Å². The predicted molar refractivity (Wildman–Crippen MR) is 57.5 cm³/mol. The third-order valence-electron chi connectivity index (χ3n) is 1.81. The zero-order valence-electron chi connectivity index (χ0n) is 11.6. The molecule has 0 fully saturated rings. The first-order valence-electron chi connectivity index (χ1n) is 5.52. The van der Waals surface area contributed by atoms with Crippen LogP contribution in [0.3, 0.4) is 0 Å². The quantitative estimate of drug-likeness (QED) is 0.246. The summed E-state index contributed by atoms with van der Waals surface area (Å²) in [4.78, 5) is 22.1. The zero-order chi connectivity index (χ0) is 11.5. The average molecular weight is 256 g/mol. The Morgan fingerprint density at radius 2 is 1.31 bits per heavy atom. The first-order valence-corrected chi connectivity index (χ1v) is 5.52. The summed E-state index contributed by atoms with van der Waals surface area (Å²) in [5.41, 5.74) is 0. The van der Waals surface area contributed by atoms with Crippen molar-refractivity contribution in [2.75, 3.05) is 13.2 Å². The van der Waals surface area contributed by atoms with Crippen molar-refractivity contribution in [2.45, 2.75) is 46.0 Å². The van der Waals surface area contributed by atoms with E-state index in [1.165, 1.54) is 0 Å². The fourth-order valence-corrected chi connectivity index (χ4v) is 0.881. The van der Waals surface area contributed by atoms with Crippen molar-refractivity contribution in [1.29, 1.82) is 0 Å². The van der Waals surface area contributed by atoms with Gasteiger partial charge in [0.25, 0.3) is 0 Å². The molecule has 0 aliphatic carbocycles. The van der Waals surface area contributed by atoms with E-state index in [9.17, 15) is 9.59 Å². The maximum absolute atomic E-state index is 11.0. The molecule has 0 aromatic heterocycles. The van der Waals surface area contributed by atoms with E-state index in [0.29, 0.717) is 13.2 Å². The Kier molecular flexibility index (Phi) is 16.1. The third kappa shape index (κ3) is 12.6. The van der Waals surface area contributed by atoms with Gasteiger partial charge >= 0.3 is 63.3 Å². The molecule has 0 radical (unpaired) electrons. The predicted octanol–water partition coefficient (Wildman–Crippen LogP) is -0.820. The monoisotopic (exact) mass is 256 g/mol. The van der Waals surface area contributed by atoms with E-state index in [4.69, 9.17) is 9.47 Å². The van der Waals surface area contributed by atoms with Crippen molar-refractivity contribution in [3.05, 3.63) is 0 Å². The van der Waals surface area contributed by atoms with Crippen molar-refractivity contribution >= 4 is 11.9 Å². The number of esters is 2. The van der Waals surface area contributed by atoms with Crippen LogP contribution < -0.4 is 51.4 Å². The molecule has 5 heteroatoms. The van der Waals surface area contributed by atoms with Crippen LogP contribution in [0, 0.1) is 0 Å². The van der Waals surface area contributed by atoms with Crippen LogP contribution in [0.15, 0.2) is 0 Å². The van der Waals surface area contributed by atoms with Gasteiger partial charge in [0.15, 0.2) is 0 Å². The van der Waals surface area contributed by atoms with Gasteiger partial charge in [-0.05, 0) is 12.8 Å². The molecular formula is C11H21KO4. The van der Waals surface area contributed by atoms with Gasteiger partial charge in [-0.2, -0.15) is 0 Å². The molecule has 0 aliphatic heterocycles. The number of carbonyl (C=O) groups is 2. The van der Waals surface area contributed by atoms with Crippen LogP contribution in [0.25, 0.3) is 0 Å². The van der Waals surface area contributed by atoms with Gasteiger partial charge in [0.1, 0.15) is 6.42 Å². The Bertz CT molecular complexity index is 180. The molecule has 0 spiro atoms. The van der Waals surface area contributed by atoms with Crippen LogP contribution in [0.5, 0.6) is 0 Å². The van der Waals surface area contributed by atoms with E-state index in [-0.39, 0.29) is 59.2 Å². The summed E-state index contributed by atoms with van der Waals surface area (Å²) in [6.07, 6.45) is 3.32. The molecule has 0 saturated carbocycles. The van der Waals surface area contributed by atoms with Crippen LogP contribution in [-0.2, 0) is 19.1 Å². The zero-order valence-corrected chi connectivity index (χ0v) is 13.7. The molecule has 0 bridgehead atoms. The summed E-state index contributed by atoms with van der Waals surface area (Å²) in [6, 6.07) is 0. The van der Waals surface area contributed by atoms with Crippen molar-refractivity contribution in [3.63, 3.8) is 0 Å². The van der Waals surface area contributed by atoms with E-state index >= 15 is 0 Å². The SMILES string of the molecule is CCCCOC(=O)CC(=O)OCCCC.[H-].[K+]. The van der Waals surface area contributed by atoms with Crippen LogP contribution >= 0.6 is 0 Å². The van der Waals surface area contributed by atoms with Gasteiger partial charge in [0.05, 0.1) is 13.2 Å². The normalized spacial score (nSPS) is 9.12. The standard InChI is InChI=1S/C11H20O4.K.H/c1-3-5-7-14-10(12)9-11(13)15-8-6-4-2;;/h3-9H2,1-2H3;;/q;+1;-1. The minimum absolute atomic E-state index is 0. The number of carbonyl (C=O) groups excluding carboxylic acids is 2. The molecule has 0 atom stereocenters. The molecule has 0 aromatic rings. The Balaban J connectivity index is -0.000000980. The number of rotatable bonds is 8. The van der Waals surface area contributed by atoms with Crippen LogP contribution in [0.2, 0.25) is 0 Å². The molecule has 0 unspecified atom stereocenters. The average Bonchev–Trinajstić information content (AvgIpc) is 2.18. The molecule has 0 N–H and O–H groups in total. The second-order valence-electron chi connectivity index (χ2n) is 3.32. The van der Waals surface area contributed by atoms with E-state index in [1.807, 2.05) is 13.8 Å². The van der Waals surface area contributed by atoms with E-state index in [2.05, 4.69) is 0 Å². The maximum Gasteiger partial charge on any atom is 1.00 e. The number of ether oxygens (including phenoxy) is 2. The Labute approximate surface area is 141 Å². The molecule has 0 saturated heterocycles. The topological polar surface area (TPSA) is 52.6 Å². The third-order valence-corrected chi connectivity index (χ3v) is 1.81. The van der Waals surface area contributed by atoms with Crippen LogP contribution in [0.1, 0.15) is 47.4 Å². The van der Waals surface area contributed by atoms with Crippen molar-refractivity contribution in [1.82, 2.24) is 0 Å². The largest absolute Gasteiger partial charge is 1.00 e. The molecule has 0 aromatic carbocycles. The first kappa shape index (κ1) is 18.9. The van der Waals surface area contributed by atoms with E-state index in [1.54, 1.807) is 0 Å². The molecule has 0 heterocycles. The summed E-state index contributed by atoms with van der Waals surface area (Å²) >= 11 is 0. The minimum Gasteiger partial charge on any atom is -1.00 e. The molecular weight excluding hydrogens is 235 g/mol. The Morgan fingerprint density at radius 3 is 1.62 bits per heavy atom. The first-order chi connectivity index (χ1) is 7.20. The second kappa shape index (κ2) is 13.6. The molecule has 0 aliphatic rings. The Hall–Kier alpha value is 0.576. The fourth-order valence-electron chi connectivity index (χ4n) is 0.881. The van der Waals surface area contributed by atoms with Gasteiger partial charge in [0, 0.05) is 0 Å². The van der Waals surface area contributed by atoms with Crippen LogP contribution in [-0.4, -0.2) is 25.2 Å². The van der Waals surface area contributed by atoms with Crippen molar-refractivity contribution in [2.24, 2.45) is 0 Å². The van der Waals surface area contributed by atoms with E-state index < -0.39 is 11.9 Å². The maximum atomic E-state index is 11.0. The molecule has 0 rings (SSSR count). The van der Waals surface area contributed by atoms with Crippen LogP contribution in [0.4, 0.5) is 0 Å².